The van der Waals surface area contributed by atoms with E-state index in [-0.39, 0.29) is 5.91 Å². The van der Waals surface area contributed by atoms with Gasteiger partial charge in [-0.3, -0.25) is 14.6 Å². The fraction of sp³-hybridized carbons (Fsp3) is 0.269. The number of amides is 1. The molecule has 0 unspecified atom stereocenters. The molecule has 3 aromatic carbocycles. The van der Waals surface area contributed by atoms with E-state index in [0.29, 0.717) is 17.1 Å². The summed E-state index contributed by atoms with van der Waals surface area (Å²) in [6, 6.07) is 26.1. The molecular weight excluding hydrogens is 406 g/mol. The third kappa shape index (κ3) is 6.41. The van der Waals surface area contributed by atoms with E-state index in [4.69, 9.17) is 11.6 Å². The lowest BCUT2D eigenvalue weighted by Gasteiger charge is -2.34. The maximum Gasteiger partial charge on any atom is 0.251 e. The van der Waals surface area contributed by atoms with Crippen molar-refractivity contribution in [3.8, 4) is 0 Å². The number of hydrogen-bond acceptors (Lipinski definition) is 3. The van der Waals surface area contributed by atoms with E-state index in [1.165, 1.54) is 11.1 Å². The van der Waals surface area contributed by atoms with Gasteiger partial charge in [-0.05, 0) is 41.0 Å². The van der Waals surface area contributed by atoms with Crippen LogP contribution in [-0.2, 0) is 19.6 Å². The lowest BCUT2D eigenvalue weighted by atomic mass is 10.1. The zero-order chi connectivity index (χ0) is 21.5. The van der Waals surface area contributed by atoms with E-state index in [9.17, 15) is 4.79 Å². The third-order valence-electron chi connectivity index (χ3n) is 5.70. The number of nitrogens with zero attached hydrogens (tertiary/aromatic N) is 2. The Balaban J connectivity index is 1.22. The average Bonchev–Trinajstić information content (AvgIpc) is 2.81. The number of hydrogen-bond donors (Lipinski definition) is 1. The molecule has 0 aliphatic carbocycles. The molecule has 0 aromatic heterocycles. The normalized spacial score (nSPS) is 15.0. The molecule has 1 heterocycles. The quantitative estimate of drug-likeness (QED) is 0.592. The molecule has 0 bridgehead atoms. The Morgan fingerprint density at radius 3 is 1.81 bits per heavy atom. The molecule has 1 N–H and O–H groups in total. The van der Waals surface area contributed by atoms with Crippen molar-refractivity contribution in [2.75, 3.05) is 26.2 Å². The highest BCUT2D eigenvalue weighted by Crippen LogP contribution is 2.13. The topological polar surface area (TPSA) is 35.6 Å². The number of halogens is 1. The van der Waals surface area contributed by atoms with Crippen LogP contribution in [0.15, 0.2) is 78.9 Å². The van der Waals surface area contributed by atoms with Crippen LogP contribution in [0.2, 0.25) is 5.02 Å². The Morgan fingerprint density at radius 1 is 0.710 bits per heavy atom. The molecule has 31 heavy (non-hydrogen) atoms. The summed E-state index contributed by atoms with van der Waals surface area (Å²) in [5.41, 5.74) is 4.33. The van der Waals surface area contributed by atoms with Gasteiger partial charge in [0.15, 0.2) is 0 Å². The van der Waals surface area contributed by atoms with E-state index in [1.807, 2.05) is 36.4 Å². The predicted octanol–water partition coefficient (Wildman–Crippen LogP) is 4.59. The number of rotatable bonds is 7. The smallest absolute Gasteiger partial charge is 0.251 e. The van der Waals surface area contributed by atoms with Gasteiger partial charge in [0, 0.05) is 56.4 Å². The van der Waals surface area contributed by atoms with Crippen LogP contribution in [0.5, 0.6) is 0 Å². The van der Waals surface area contributed by atoms with Crippen molar-refractivity contribution >= 4 is 17.5 Å². The van der Waals surface area contributed by atoms with Crippen molar-refractivity contribution in [2.24, 2.45) is 0 Å². The SMILES string of the molecule is O=C(NCc1ccc(Cl)cc1)c1ccc(CN2CCN(Cc3ccccc3)CC2)cc1. The number of benzene rings is 3. The third-order valence-corrected chi connectivity index (χ3v) is 5.95. The average molecular weight is 434 g/mol. The molecule has 1 aliphatic rings. The maximum atomic E-state index is 12.4. The first-order valence-corrected chi connectivity index (χ1v) is 11.1. The second-order valence-electron chi connectivity index (χ2n) is 8.04. The molecule has 0 spiro atoms. The minimum absolute atomic E-state index is 0.0592. The Kier molecular flexibility index (Phi) is 7.36. The molecule has 4 nitrogen and oxygen atoms in total. The summed E-state index contributed by atoms with van der Waals surface area (Å²) in [5.74, 6) is -0.0592. The molecule has 1 amide bonds. The van der Waals surface area contributed by atoms with Crippen LogP contribution in [-0.4, -0.2) is 41.9 Å². The monoisotopic (exact) mass is 433 g/mol. The predicted molar refractivity (Wildman–Crippen MR) is 126 cm³/mol. The van der Waals surface area contributed by atoms with Gasteiger partial charge in [-0.15, -0.1) is 0 Å². The van der Waals surface area contributed by atoms with Crippen LogP contribution in [0, 0.1) is 0 Å². The summed E-state index contributed by atoms with van der Waals surface area (Å²) >= 11 is 5.90. The summed E-state index contributed by atoms with van der Waals surface area (Å²) in [7, 11) is 0. The van der Waals surface area contributed by atoms with Crippen molar-refractivity contribution in [1.29, 1.82) is 0 Å². The first-order valence-electron chi connectivity index (χ1n) is 10.8. The first kappa shape index (κ1) is 21.6. The van der Waals surface area contributed by atoms with E-state index < -0.39 is 0 Å². The summed E-state index contributed by atoms with van der Waals surface area (Å²) < 4.78 is 0. The Labute approximate surface area is 189 Å². The highest BCUT2D eigenvalue weighted by atomic mass is 35.5. The van der Waals surface area contributed by atoms with Crippen molar-refractivity contribution in [1.82, 2.24) is 15.1 Å². The molecule has 3 aromatic rings. The van der Waals surface area contributed by atoms with Crippen LogP contribution in [0.1, 0.15) is 27.0 Å². The standard InChI is InChI=1S/C26H28ClN3O/c27-25-12-8-21(9-13-25)18-28-26(31)24-10-6-23(7-11-24)20-30-16-14-29(15-17-30)19-22-4-2-1-3-5-22/h1-13H,14-20H2,(H,28,31). The summed E-state index contributed by atoms with van der Waals surface area (Å²) in [4.78, 5) is 17.4. The van der Waals surface area contributed by atoms with Crippen molar-refractivity contribution in [2.45, 2.75) is 19.6 Å². The van der Waals surface area contributed by atoms with Crippen molar-refractivity contribution in [3.05, 3.63) is 106 Å². The molecule has 1 aliphatic heterocycles. The van der Waals surface area contributed by atoms with Crippen LogP contribution in [0.4, 0.5) is 0 Å². The number of carbonyl (C=O) groups excluding carboxylic acids is 1. The van der Waals surface area contributed by atoms with Crippen LogP contribution in [0.25, 0.3) is 0 Å². The minimum Gasteiger partial charge on any atom is -0.348 e. The van der Waals surface area contributed by atoms with Gasteiger partial charge in [0.25, 0.3) is 5.91 Å². The molecule has 0 radical (unpaired) electrons. The second-order valence-corrected chi connectivity index (χ2v) is 8.48. The molecule has 0 saturated carbocycles. The molecule has 1 saturated heterocycles. The molecule has 1 fully saturated rings. The summed E-state index contributed by atoms with van der Waals surface area (Å²) in [5, 5.41) is 3.66. The van der Waals surface area contributed by atoms with Gasteiger partial charge in [0.1, 0.15) is 0 Å². The van der Waals surface area contributed by atoms with Gasteiger partial charge in [-0.2, -0.15) is 0 Å². The van der Waals surface area contributed by atoms with Gasteiger partial charge in [-0.1, -0.05) is 66.2 Å². The fourth-order valence-electron chi connectivity index (χ4n) is 3.85. The zero-order valence-electron chi connectivity index (χ0n) is 17.6. The van der Waals surface area contributed by atoms with Crippen LogP contribution >= 0.6 is 11.6 Å². The number of nitrogens with one attached hydrogen (secondary N) is 1. The van der Waals surface area contributed by atoms with E-state index in [2.05, 4.69) is 57.6 Å². The Morgan fingerprint density at radius 2 is 1.23 bits per heavy atom. The summed E-state index contributed by atoms with van der Waals surface area (Å²) in [6.07, 6.45) is 0. The molecule has 0 atom stereocenters. The van der Waals surface area contributed by atoms with Crippen molar-refractivity contribution in [3.63, 3.8) is 0 Å². The summed E-state index contributed by atoms with van der Waals surface area (Å²) in [6.45, 7) is 6.73. The van der Waals surface area contributed by atoms with Gasteiger partial charge >= 0.3 is 0 Å². The van der Waals surface area contributed by atoms with Crippen LogP contribution in [0.3, 0.4) is 0 Å². The van der Waals surface area contributed by atoms with Gasteiger partial charge in [-0.25, -0.2) is 0 Å². The molecule has 4 rings (SSSR count). The highest BCUT2D eigenvalue weighted by Gasteiger charge is 2.17. The van der Waals surface area contributed by atoms with E-state index >= 15 is 0 Å². The van der Waals surface area contributed by atoms with E-state index in [0.717, 1.165) is 44.8 Å². The Hall–Kier alpha value is -2.66. The zero-order valence-corrected chi connectivity index (χ0v) is 18.4. The number of piperazine rings is 1. The fourth-order valence-corrected chi connectivity index (χ4v) is 3.98. The highest BCUT2D eigenvalue weighted by molar-refractivity contribution is 6.30. The minimum atomic E-state index is -0.0592. The lowest BCUT2D eigenvalue weighted by molar-refractivity contribution is 0.0951. The second kappa shape index (κ2) is 10.6. The molecular formula is C26H28ClN3O. The van der Waals surface area contributed by atoms with E-state index in [1.54, 1.807) is 0 Å². The molecule has 160 valence electrons. The van der Waals surface area contributed by atoms with Crippen LogP contribution < -0.4 is 5.32 Å². The van der Waals surface area contributed by atoms with Crippen molar-refractivity contribution < 1.29 is 4.79 Å². The maximum absolute atomic E-state index is 12.4. The van der Waals surface area contributed by atoms with Gasteiger partial charge in [0.05, 0.1) is 0 Å². The lowest BCUT2D eigenvalue weighted by Crippen LogP contribution is -2.45. The molecule has 5 heteroatoms. The Bertz CT molecular complexity index is 966. The largest absolute Gasteiger partial charge is 0.348 e. The van der Waals surface area contributed by atoms with Gasteiger partial charge < -0.3 is 5.32 Å². The first-order chi connectivity index (χ1) is 15.2. The van der Waals surface area contributed by atoms with Gasteiger partial charge in [0.2, 0.25) is 0 Å². The number of carbonyl (C=O) groups is 1.